The van der Waals surface area contributed by atoms with Gasteiger partial charge in [-0.1, -0.05) is 28.1 Å². The van der Waals surface area contributed by atoms with Crippen LogP contribution in [0.2, 0.25) is 0 Å². The van der Waals surface area contributed by atoms with Gasteiger partial charge in [0, 0.05) is 27.5 Å². The first kappa shape index (κ1) is 17.0. The molecule has 5 nitrogen and oxygen atoms in total. The number of rotatable bonds is 4. The van der Waals surface area contributed by atoms with E-state index in [1.165, 1.54) is 23.5 Å². The number of nitriles is 1. The summed E-state index contributed by atoms with van der Waals surface area (Å²) in [5.74, 6) is 0. The predicted molar refractivity (Wildman–Crippen MR) is 102 cm³/mol. The third-order valence-corrected chi connectivity index (χ3v) is 4.81. The Morgan fingerprint density at radius 3 is 2.48 bits per heavy atom. The normalized spacial score (nSPS) is 11.1. The number of nitro groups is 1. The summed E-state index contributed by atoms with van der Waals surface area (Å²) in [4.78, 5) is 14.8. The lowest BCUT2D eigenvalue weighted by Crippen LogP contribution is -1.87. The smallest absolute Gasteiger partial charge is 0.258 e. The van der Waals surface area contributed by atoms with Crippen molar-refractivity contribution in [2.24, 2.45) is 0 Å². The maximum absolute atomic E-state index is 10.7. The molecule has 122 valence electrons. The molecular formula is C18H10BrN3O2S. The lowest BCUT2D eigenvalue weighted by molar-refractivity contribution is -0.384. The van der Waals surface area contributed by atoms with Gasteiger partial charge in [-0.3, -0.25) is 10.1 Å². The minimum atomic E-state index is -0.439. The van der Waals surface area contributed by atoms with E-state index in [1.54, 1.807) is 18.2 Å². The van der Waals surface area contributed by atoms with Crippen LogP contribution in [0.25, 0.3) is 22.9 Å². The fourth-order valence-corrected chi connectivity index (χ4v) is 3.21. The van der Waals surface area contributed by atoms with Crippen molar-refractivity contribution in [2.45, 2.75) is 0 Å². The number of hydrogen-bond donors (Lipinski definition) is 0. The zero-order valence-corrected chi connectivity index (χ0v) is 15.1. The molecule has 7 heteroatoms. The van der Waals surface area contributed by atoms with Gasteiger partial charge in [0.15, 0.2) is 0 Å². The van der Waals surface area contributed by atoms with Crippen molar-refractivity contribution in [3.8, 4) is 17.3 Å². The number of hydrogen-bond acceptors (Lipinski definition) is 5. The number of halogens is 1. The average molecular weight is 412 g/mol. The lowest BCUT2D eigenvalue weighted by atomic mass is 10.1. The molecule has 0 radical (unpaired) electrons. The number of non-ortho nitro benzene ring substituents is 1. The second kappa shape index (κ2) is 7.38. The van der Waals surface area contributed by atoms with Crippen LogP contribution in [0.3, 0.4) is 0 Å². The largest absolute Gasteiger partial charge is 0.269 e. The molecular weight excluding hydrogens is 402 g/mol. The van der Waals surface area contributed by atoms with Crippen LogP contribution in [-0.4, -0.2) is 9.91 Å². The molecule has 3 rings (SSSR count). The molecule has 0 N–H and O–H groups in total. The van der Waals surface area contributed by atoms with Gasteiger partial charge < -0.3 is 0 Å². The van der Waals surface area contributed by atoms with E-state index in [1.807, 2.05) is 29.6 Å². The molecule has 0 atom stereocenters. The van der Waals surface area contributed by atoms with Gasteiger partial charge in [0.25, 0.3) is 5.69 Å². The van der Waals surface area contributed by atoms with Gasteiger partial charge in [0.05, 0.1) is 16.2 Å². The van der Waals surface area contributed by atoms with Gasteiger partial charge in [-0.15, -0.1) is 11.3 Å². The Hall–Kier alpha value is -2.82. The van der Waals surface area contributed by atoms with E-state index >= 15 is 0 Å². The molecule has 0 unspecified atom stereocenters. The first-order valence-electron chi connectivity index (χ1n) is 7.15. The first-order chi connectivity index (χ1) is 12.1. The zero-order valence-electron chi connectivity index (χ0n) is 12.7. The molecule has 0 bridgehead atoms. The van der Waals surface area contributed by atoms with Crippen molar-refractivity contribution in [3.05, 3.63) is 79.1 Å². The molecule has 1 aromatic heterocycles. The van der Waals surface area contributed by atoms with E-state index in [0.717, 1.165) is 15.6 Å². The van der Waals surface area contributed by atoms with E-state index in [-0.39, 0.29) is 5.69 Å². The molecule has 0 spiro atoms. The Kier molecular flexibility index (Phi) is 5.03. The summed E-state index contributed by atoms with van der Waals surface area (Å²) in [6, 6.07) is 16.0. The van der Waals surface area contributed by atoms with Crippen LogP contribution < -0.4 is 0 Å². The van der Waals surface area contributed by atoms with Crippen LogP contribution >= 0.6 is 27.3 Å². The van der Waals surface area contributed by atoms with E-state index in [2.05, 4.69) is 27.0 Å². The van der Waals surface area contributed by atoms with Gasteiger partial charge in [-0.25, -0.2) is 4.98 Å². The Labute approximate surface area is 156 Å². The highest BCUT2D eigenvalue weighted by Gasteiger charge is 2.11. The van der Waals surface area contributed by atoms with Crippen molar-refractivity contribution >= 4 is 44.6 Å². The van der Waals surface area contributed by atoms with Crippen molar-refractivity contribution < 1.29 is 4.92 Å². The van der Waals surface area contributed by atoms with Crippen molar-refractivity contribution in [1.82, 2.24) is 4.98 Å². The molecule has 0 aliphatic carbocycles. The first-order valence-corrected chi connectivity index (χ1v) is 8.82. The highest BCUT2D eigenvalue weighted by atomic mass is 79.9. The van der Waals surface area contributed by atoms with Gasteiger partial charge in [-0.2, -0.15) is 5.26 Å². The molecule has 0 saturated carbocycles. The molecule has 0 fully saturated rings. The quantitative estimate of drug-likeness (QED) is 0.320. The third kappa shape index (κ3) is 3.99. The Bertz CT molecular complexity index is 986. The van der Waals surface area contributed by atoms with Crippen LogP contribution in [0.1, 0.15) is 10.6 Å². The Morgan fingerprint density at radius 2 is 1.88 bits per heavy atom. The fourth-order valence-electron chi connectivity index (χ4n) is 2.15. The van der Waals surface area contributed by atoms with E-state index in [0.29, 0.717) is 16.3 Å². The van der Waals surface area contributed by atoms with Crippen molar-refractivity contribution in [3.63, 3.8) is 0 Å². The third-order valence-electron chi connectivity index (χ3n) is 3.41. The molecule has 1 heterocycles. The van der Waals surface area contributed by atoms with E-state index in [9.17, 15) is 15.4 Å². The summed E-state index contributed by atoms with van der Waals surface area (Å²) in [5, 5.41) is 22.6. The van der Waals surface area contributed by atoms with E-state index < -0.39 is 4.92 Å². The van der Waals surface area contributed by atoms with Gasteiger partial charge >= 0.3 is 0 Å². The number of thiazole rings is 1. The monoisotopic (exact) mass is 411 g/mol. The summed E-state index contributed by atoms with van der Waals surface area (Å²) in [6.45, 7) is 0. The summed E-state index contributed by atoms with van der Waals surface area (Å²) in [6.07, 6.45) is 1.78. The standard InChI is InChI=1S/C18H10BrN3O2S/c19-15-5-1-12(2-6-15)9-14(10-20)18-21-17(11-25-18)13-3-7-16(8-4-13)22(23)24/h1-9,11H/b14-9+. The summed E-state index contributed by atoms with van der Waals surface area (Å²) in [7, 11) is 0. The van der Waals surface area contributed by atoms with Crippen LogP contribution in [0.15, 0.2) is 58.4 Å². The van der Waals surface area contributed by atoms with Gasteiger partial charge in [-0.05, 0) is 35.9 Å². The number of aromatic nitrogens is 1. The fraction of sp³-hybridized carbons (Fsp3) is 0. The van der Waals surface area contributed by atoms with Crippen LogP contribution in [0.4, 0.5) is 5.69 Å². The molecule has 2 aromatic carbocycles. The highest BCUT2D eigenvalue weighted by Crippen LogP contribution is 2.28. The molecule has 0 amide bonds. The Balaban J connectivity index is 1.90. The summed E-state index contributed by atoms with van der Waals surface area (Å²) in [5.41, 5.74) is 2.88. The minimum absolute atomic E-state index is 0.0343. The highest BCUT2D eigenvalue weighted by molar-refractivity contribution is 9.10. The van der Waals surface area contributed by atoms with Crippen LogP contribution in [0, 0.1) is 21.4 Å². The van der Waals surface area contributed by atoms with Crippen molar-refractivity contribution in [2.75, 3.05) is 0 Å². The summed E-state index contributed by atoms with van der Waals surface area (Å²) >= 11 is 4.74. The zero-order chi connectivity index (χ0) is 17.8. The molecule has 0 aliphatic heterocycles. The number of benzene rings is 2. The lowest BCUT2D eigenvalue weighted by Gasteiger charge is -1.97. The topological polar surface area (TPSA) is 79.8 Å². The van der Waals surface area contributed by atoms with Crippen LogP contribution in [-0.2, 0) is 0 Å². The second-order valence-electron chi connectivity index (χ2n) is 5.06. The maximum atomic E-state index is 10.7. The molecule has 0 aliphatic rings. The minimum Gasteiger partial charge on any atom is -0.258 e. The second-order valence-corrected chi connectivity index (χ2v) is 6.84. The SMILES string of the molecule is N#C/C(=C\c1ccc(Br)cc1)c1nc(-c2ccc([N+](=O)[O-])cc2)cs1. The number of nitrogens with zero attached hydrogens (tertiary/aromatic N) is 3. The maximum Gasteiger partial charge on any atom is 0.269 e. The number of nitro benzene ring substituents is 1. The Morgan fingerprint density at radius 1 is 1.20 bits per heavy atom. The van der Waals surface area contributed by atoms with E-state index in [4.69, 9.17) is 0 Å². The number of allylic oxidation sites excluding steroid dienone is 1. The van der Waals surface area contributed by atoms with Crippen molar-refractivity contribution in [1.29, 1.82) is 5.26 Å². The molecule has 3 aromatic rings. The average Bonchev–Trinajstić information content (AvgIpc) is 3.11. The summed E-state index contributed by atoms with van der Waals surface area (Å²) < 4.78 is 0.970. The molecule has 25 heavy (non-hydrogen) atoms. The van der Waals surface area contributed by atoms with Gasteiger partial charge in [0.1, 0.15) is 11.1 Å². The molecule has 0 saturated heterocycles. The predicted octanol–water partition coefficient (Wildman–Crippen LogP) is 5.54. The van der Waals surface area contributed by atoms with Gasteiger partial charge in [0.2, 0.25) is 0 Å². The van der Waals surface area contributed by atoms with Crippen LogP contribution in [0.5, 0.6) is 0 Å².